The van der Waals surface area contributed by atoms with Crippen molar-refractivity contribution in [3.8, 4) is 0 Å². The number of aromatic nitrogens is 1. The fourth-order valence-corrected chi connectivity index (χ4v) is 4.20. The number of Topliss-reactive ketones (excluding diaryl/α,β-unsaturated/α-hetero) is 1. The number of carbonyl (C=O) groups excluding carboxylic acids is 1. The van der Waals surface area contributed by atoms with Crippen LogP contribution in [0.3, 0.4) is 0 Å². The lowest BCUT2D eigenvalue weighted by molar-refractivity contribution is 0.0992. The Bertz CT molecular complexity index is 1160. The molecule has 0 atom stereocenters. The molecule has 0 saturated carbocycles. The normalized spacial score (nSPS) is 14.1. The molecule has 4 aromatic rings. The monoisotopic (exact) mass is 366 g/mol. The van der Waals surface area contributed by atoms with Crippen molar-refractivity contribution in [2.75, 3.05) is 18.0 Å². The van der Waals surface area contributed by atoms with Crippen molar-refractivity contribution < 1.29 is 4.79 Å². The third-order valence-electron chi connectivity index (χ3n) is 5.68. The zero-order valence-electron chi connectivity index (χ0n) is 15.8. The topological polar surface area (TPSA) is 33.2 Å². The number of para-hydroxylation sites is 1. The van der Waals surface area contributed by atoms with E-state index in [1.165, 1.54) is 18.5 Å². The summed E-state index contributed by atoms with van der Waals surface area (Å²) in [5.74, 6) is 0.112. The molecule has 0 unspecified atom stereocenters. The lowest BCUT2D eigenvalue weighted by Crippen LogP contribution is -2.17. The van der Waals surface area contributed by atoms with Gasteiger partial charge in [-0.15, -0.1) is 0 Å². The van der Waals surface area contributed by atoms with Crippen LogP contribution in [-0.2, 0) is 6.42 Å². The van der Waals surface area contributed by atoms with E-state index in [9.17, 15) is 4.79 Å². The number of rotatable bonds is 4. The van der Waals surface area contributed by atoms with Gasteiger partial charge in [-0.3, -0.25) is 9.78 Å². The van der Waals surface area contributed by atoms with Crippen LogP contribution in [0.25, 0.3) is 21.7 Å². The van der Waals surface area contributed by atoms with Crippen molar-refractivity contribution in [3.63, 3.8) is 0 Å². The Morgan fingerprint density at radius 3 is 2.18 bits per heavy atom. The zero-order valence-corrected chi connectivity index (χ0v) is 15.8. The first-order chi connectivity index (χ1) is 13.8. The van der Waals surface area contributed by atoms with Crippen molar-refractivity contribution in [2.24, 2.45) is 0 Å². The van der Waals surface area contributed by atoms with Gasteiger partial charge in [0.05, 0.1) is 17.6 Å². The second-order valence-electron chi connectivity index (χ2n) is 7.46. The molecule has 28 heavy (non-hydrogen) atoms. The van der Waals surface area contributed by atoms with Crippen LogP contribution >= 0.6 is 0 Å². The van der Waals surface area contributed by atoms with Crippen LogP contribution in [0, 0.1) is 0 Å². The number of benzene rings is 3. The van der Waals surface area contributed by atoms with Crippen molar-refractivity contribution in [1.82, 2.24) is 4.98 Å². The smallest absolute Gasteiger partial charge is 0.168 e. The van der Waals surface area contributed by atoms with Gasteiger partial charge in [-0.25, -0.2) is 0 Å². The summed E-state index contributed by atoms with van der Waals surface area (Å²) in [7, 11) is 0. The Kier molecular flexibility index (Phi) is 4.28. The number of carbonyl (C=O) groups is 1. The Morgan fingerprint density at radius 1 is 0.786 bits per heavy atom. The minimum atomic E-state index is 0.112. The van der Waals surface area contributed by atoms with E-state index in [4.69, 9.17) is 4.98 Å². The number of anilines is 1. The van der Waals surface area contributed by atoms with E-state index in [-0.39, 0.29) is 5.78 Å². The fourth-order valence-electron chi connectivity index (χ4n) is 4.20. The molecule has 0 aliphatic carbocycles. The van der Waals surface area contributed by atoms with Crippen LogP contribution in [0.2, 0.25) is 0 Å². The molecule has 1 aliphatic rings. The van der Waals surface area contributed by atoms with Crippen molar-refractivity contribution in [2.45, 2.75) is 19.3 Å². The molecule has 1 fully saturated rings. The summed E-state index contributed by atoms with van der Waals surface area (Å²) in [6.45, 7) is 2.22. The molecular weight excluding hydrogens is 344 g/mol. The van der Waals surface area contributed by atoms with E-state index in [0.29, 0.717) is 6.42 Å². The van der Waals surface area contributed by atoms with E-state index >= 15 is 0 Å². The maximum absolute atomic E-state index is 13.0. The summed E-state index contributed by atoms with van der Waals surface area (Å²) >= 11 is 0. The van der Waals surface area contributed by atoms with Crippen molar-refractivity contribution in [1.29, 1.82) is 0 Å². The molecule has 5 rings (SSSR count). The maximum Gasteiger partial charge on any atom is 0.168 e. The lowest BCUT2D eigenvalue weighted by Gasteiger charge is -2.17. The summed E-state index contributed by atoms with van der Waals surface area (Å²) in [6.07, 6.45) is 2.82. The Labute approximate surface area is 164 Å². The van der Waals surface area contributed by atoms with Crippen molar-refractivity contribution in [3.05, 3.63) is 84.1 Å². The molecule has 3 aromatic carbocycles. The molecule has 2 heterocycles. The Morgan fingerprint density at radius 2 is 1.43 bits per heavy atom. The van der Waals surface area contributed by atoms with Gasteiger partial charge in [-0.1, -0.05) is 42.5 Å². The molecule has 1 aliphatic heterocycles. The van der Waals surface area contributed by atoms with Crippen LogP contribution in [0.5, 0.6) is 0 Å². The van der Waals surface area contributed by atoms with Gasteiger partial charge in [0, 0.05) is 35.1 Å². The van der Waals surface area contributed by atoms with Gasteiger partial charge in [0.2, 0.25) is 0 Å². The standard InChI is InChI=1S/C25H22N2O/c28-25(18-11-13-19(14-12-18)27-15-5-6-16-27)17-24-22-9-2-1-7-20(22)21-8-3-4-10-23(21)26-24/h1-4,7-14H,5-6,15-17H2. The Hall–Kier alpha value is -3.20. The maximum atomic E-state index is 13.0. The highest BCUT2D eigenvalue weighted by Crippen LogP contribution is 2.27. The largest absolute Gasteiger partial charge is 0.372 e. The lowest BCUT2D eigenvalue weighted by atomic mass is 9.99. The second-order valence-corrected chi connectivity index (χ2v) is 7.46. The highest BCUT2D eigenvalue weighted by atomic mass is 16.1. The van der Waals surface area contributed by atoms with E-state index in [0.717, 1.165) is 46.0 Å². The van der Waals surface area contributed by atoms with Crippen LogP contribution in [-0.4, -0.2) is 23.9 Å². The molecule has 3 heteroatoms. The van der Waals surface area contributed by atoms with Crippen LogP contribution in [0.1, 0.15) is 28.9 Å². The van der Waals surface area contributed by atoms with Crippen LogP contribution in [0.4, 0.5) is 5.69 Å². The number of ketones is 1. The predicted octanol–water partition coefficient (Wildman–Crippen LogP) is 5.41. The number of fused-ring (bicyclic) bond motifs is 3. The predicted molar refractivity (Wildman–Crippen MR) is 115 cm³/mol. The molecule has 0 radical (unpaired) electrons. The number of hydrogen-bond acceptors (Lipinski definition) is 3. The molecule has 3 nitrogen and oxygen atoms in total. The molecule has 138 valence electrons. The number of pyridine rings is 1. The molecule has 0 spiro atoms. The summed E-state index contributed by atoms with van der Waals surface area (Å²) in [5.41, 5.74) is 3.75. The highest BCUT2D eigenvalue weighted by molar-refractivity contribution is 6.08. The summed E-state index contributed by atoms with van der Waals surface area (Å²) in [6, 6.07) is 24.4. The third-order valence-corrected chi connectivity index (χ3v) is 5.68. The van der Waals surface area contributed by atoms with Gasteiger partial charge in [0.1, 0.15) is 0 Å². The van der Waals surface area contributed by atoms with Crippen LogP contribution in [0.15, 0.2) is 72.8 Å². The first kappa shape index (κ1) is 16.9. The molecule has 0 N–H and O–H groups in total. The average Bonchev–Trinajstić information content (AvgIpc) is 3.29. The summed E-state index contributed by atoms with van der Waals surface area (Å²) in [4.78, 5) is 20.2. The fraction of sp³-hybridized carbons (Fsp3) is 0.200. The number of nitrogens with zero attached hydrogens (tertiary/aromatic N) is 2. The SMILES string of the molecule is O=C(Cc1nc2ccccc2c2ccccc12)c1ccc(N2CCCC2)cc1. The van der Waals surface area contributed by atoms with Gasteiger partial charge in [0.25, 0.3) is 0 Å². The molecule has 1 saturated heterocycles. The van der Waals surface area contributed by atoms with Gasteiger partial charge in [-0.05, 0) is 48.6 Å². The molecular formula is C25H22N2O. The summed E-state index contributed by atoms with van der Waals surface area (Å²) < 4.78 is 0. The summed E-state index contributed by atoms with van der Waals surface area (Å²) in [5, 5.41) is 3.34. The van der Waals surface area contributed by atoms with E-state index in [1.807, 2.05) is 42.5 Å². The Balaban J connectivity index is 1.48. The highest BCUT2D eigenvalue weighted by Gasteiger charge is 2.15. The van der Waals surface area contributed by atoms with Gasteiger partial charge < -0.3 is 4.90 Å². The molecule has 1 aromatic heterocycles. The third kappa shape index (κ3) is 3.03. The van der Waals surface area contributed by atoms with E-state index < -0.39 is 0 Å². The number of hydrogen-bond donors (Lipinski definition) is 0. The van der Waals surface area contributed by atoms with E-state index in [1.54, 1.807) is 0 Å². The van der Waals surface area contributed by atoms with Crippen LogP contribution < -0.4 is 4.90 Å². The minimum absolute atomic E-state index is 0.112. The first-order valence-corrected chi connectivity index (χ1v) is 9.94. The zero-order chi connectivity index (χ0) is 18.9. The minimum Gasteiger partial charge on any atom is -0.372 e. The first-order valence-electron chi connectivity index (χ1n) is 9.94. The van der Waals surface area contributed by atoms with Crippen molar-refractivity contribution >= 4 is 33.1 Å². The van der Waals surface area contributed by atoms with Gasteiger partial charge in [0.15, 0.2) is 5.78 Å². The van der Waals surface area contributed by atoms with Gasteiger partial charge in [-0.2, -0.15) is 0 Å². The molecule has 0 bridgehead atoms. The average molecular weight is 366 g/mol. The van der Waals surface area contributed by atoms with E-state index in [2.05, 4.69) is 35.2 Å². The second kappa shape index (κ2) is 7.08. The molecule has 0 amide bonds. The quantitative estimate of drug-likeness (QED) is 0.357. The van der Waals surface area contributed by atoms with Gasteiger partial charge >= 0.3 is 0 Å².